The quantitative estimate of drug-likeness (QED) is 0.737. The Kier molecular flexibility index (Phi) is 5.25. The summed E-state index contributed by atoms with van der Waals surface area (Å²) in [5.74, 6) is 0.614. The van der Waals surface area contributed by atoms with Crippen LogP contribution in [0.1, 0.15) is 9.67 Å². The predicted octanol–water partition coefficient (Wildman–Crippen LogP) is 2.41. The molecule has 0 atom stereocenters. The first-order valence-electron chi connectivity index (χ1n) is 7.71. The smallest absolute Gasteiger partial charge is 0.266 e. The topological polar surface area (TPSA) is 73.2 Å². The zero-order valence-corrected chi connectivity index (χ0v) is 14.5. The number of thiophene rings is 1. The van der Waals surface area contributed by atoms with E-state index in [4.69, 9.17) is 4.74 Å². The van der Waals surface area contributed by atoms with E-state index in [1.54, 1.807) is 19.2 Å². The molecule has 0 fully saturated rings. The van der Waals surface area contributed by atoms with Crippen LogP contribution >= 0.6 is 11.3 Å². The first kappa shape index (κ1) is 16.9. The number of hydrogen-bond donors (Lipinski definition) is 1. The number of aromatic nitrogens is 2. The van der Waals surface area contributed by atoms with Crippen LogP contribution in [0, 0.1) is 0 Å². The summed E-state index contributed by atoms with van der Waals surface area (Å²) in [7, 11) is 1.61. The van der Waals surface area contributed by atoms with E-state index >= 15 is 0 Å². The number of nitrogens with one attached hydrogen (secondary N) is 1. The first-order chi connectivity index (χ1) is 12.2. The number of methoxy groups -OCH3 is 1. The van der Waals surface area contributed by atoms with E-state index in [2.05, 4.69) is 10.4 Å². The lowest BCUT2D eigenvalue weighted by molar-refractivity contribution is 0.0956. The number of nitrogens with zero attached hydrogens (tertiary/aromatic N) is 2. The van der Waals surface area contributed by atoms with Crippen molar-refractivity contribution >= 4 is 17.2 Å². The molecule has 3 rings (SSSR count). The van der Waals surface area contributed by atoms with Crippen molar-refractivity contribution in [2.45, 2.75) is 6.54 Å². The molecule has 3 aromatic rings. The van der Waals surface area contributed by atoms with Gasteiger partial charge in [-0.2, -0.15) is 5.10 Å². The second-order valence-electron chi connectivity index (χ2n) is 5.24. The molecular weight excluding hydrogens is 338 g/mol. The van der Waals surface area contributed by atoms with Gasteiger partial charge in [0.1, 0.15) is 5.75 Å². The van der Waals surface area contributed by atoms with Crippen LogP contribution in [0.3, 0.4) is 0 Å². The zero-order valence-electron chi connectivity index (χ0n) is 13.6. The second-order valence-corrected chi connectivity index (χ2v) is 6.19. The second kappa shape index (κ2) is 7.76. The number of hydrogen-bond acceptors (Lipinski definition) is 5. The van der Waals surface area contributed by atoms with E-state index in [9.17, 15) is 9.59 Å². The van der Waals surface area contributed by atoms with Crippen LogP contribution in [0.4, 0.5) is 0 Å². The van der Waals surface area contributed by atoms with Crippen LogP contribution in [0.15, 0.2) is 58.7 Å². The Hall–Kier alpha value is -2.93. The van der Waals surface area contributed by atoms with Gasteiger partial charge in [-0.25, -0.2) is 4.68 Å². The largest absolute Gasteiger partial charge is 0.497 e. The summed E-state index contributed by atoms with van der Waals surface area (Å²) in [4.78, 5) is 24.5. The third-order valence-corrected chi connectivity index (χ3v) is 4.48. The van der Waals surface area contributed by atoms with E-state index < -0.39 is 0 Å². The lowest BCUT2D eigenvalue weighted by atomic mass is 10.1. The molecule has 0 bridgehead atoms. The van der Waals surface area contributed by atoms with Gasteiger partial charge >= 0.3 is 0 Å². The van der Waals surface area contributed by atoms with Gasteiger partial charge in [-0.3, -0.25) is 9.59 Å². The van der Waals surface area contributed by atoms with Crippen LogP contribution in [0.25, 0.3) is 11.3 Å². The molecule has 0 aliphatic carbocycles. The van der Waals surface area contributed by atoms with E-state index in [1.807, 2.05) is 35.7 Å². The van der Waals surface area contributed by atoms with Crippen molar-refractivity contribution in [1.82, 2.24) is 15.1 Å². The van der Waals surface area contributed by atoms with Gasteiger partial charge in [-0.15, -0.1) is 11.3 Å². The standard InChI is InChI=1S/C18H17N3O3S/c1-24-14-6-4-13(5-7-14)15-8-9-17(22)21(20-15)11-10-19-18(23)16-3-2-12-25-16/h2-9,12H,10-11H2,1H3,(H,19,23). The van der Waals surface area contributed by atoms with Crippen molar-refractivity contribution in [1.29, 1.82) is 0 Å². The maximum atomic E-state index is 12.0. The monoisotopic (exact) mass is 355 g/mol. The van der Waals surface area contributed by atoms with Crippen LogP contribution in [-0.2, 0) is 6.54 Å². The summed E-state index contributed by atoms with van der Waals surface area (Å²) in [6, 6.07) is 14.2. The summed E-state index contributed by atoms with van der Waals surface area (Å²) in [5, 5.41) is 9.01. The molecule has 2 aromatic heterocycles. The summed E-state index contributed by atoms with van der Waals surface area (Å²) in [6.45, 7) is 0.635. The molecule has 1 amide bonds. The van der Waals surface area contributed by atoms with E-state index in [0.29, 0.717) is 23.7 Å². The summed E-state index contributed by atoms with van der Waals surface area (Å²) in [6.07, 6.45) is 0. The molecule has 1 N–H and O–H groups in total. The van der Waals surface area contributed by atoms with Gasteiger partial charge in [0, 0.05) is 18.2 Å². The third-order valence-electron chi connectivity index (χ3n) is 3.61. The highest BCUT2D eigenvalue weighted by Gasteiger charge is 2.07. The average Bonchev–Trinajstić information content (AvgIpc) is 3.18. The number of ether oxygens (including phenoxy) is 1. The van der Waals surface area contributed by atoms with Crippen molar-refractivity contribution in [2.24, 2.45) is 0 Å². The number of rotatable bonds is 6. The van der Waals surface area contributed by atoms with Crippen LogP contribution in [0.2, 0.25) is 0 Å². The first-order valence-corrected chi connectivity index (χ1v) is 8.59. The van der Waals surface area contributed by atoms with Gasteiger partial charge in [-0.05, 0) is 41.8 Å². The summed E-state index contributed by atoms with van der Waals surface area (Å²) in [5.41, 5.74) is 1.37. The molecule has 0 saturated carbocycles. The minimum atomic E-state index is -0.206. The number of benzene rings is 1. The average molecular weight is 355 g/mol. The zero-order chi connectivity index (χ0) is 17.6. The maximum absolute atomic E-state index is 12.0. The predicted molar refractivity (Wildman–Crippen MR) is 97.1 cm³/mol. The fourth-order valence-electron chi connectivity index (χ4n) is 2.30. The van der Waals surface area contributed by atoms with Gasteiger partial charge < -0.3 is 10.1 Å². The fourth-order valence-corrected chi connectivity index (χ4v) is 2.94. The van der Waals surface area contributed by atoms with Gasteiger partial charge in [0.15, 0.2) is 0 Å². The van der Waals surface area contributed by atoms with Gasteiger partial charge in [0.2, 0.25) is 0 Å². The normalized spacial score (nSPS) is 10.4. The Bertz CT molecular complexity index is 902. The third kappa shape index (κ3) is 4.13. The molecule has 0 unspecified atom stereocenters. The Morgan fingerprint density at radius 2 is 2.00 bits per heavy atom. The lowest BCUT2D eigenvalue weighted by Crippen LogP contribution is -2.31. The van der Waals surface area contributed by atoms with E-state index in [1.165, 1.54) is 22.1 Å². The Labute approximate surface area is 148 Å². The van der Waals surface area contributed by atoms with Crippen molar-refractivity contribution in [3.8, 4) is 17.0 Å². The Balaban J connectivity index is 1.69. The molecule has 0 aliphatic heterocycles. The van der Waals surface area contributed by atoms with Gasteiger partial charge in [0.05, 0.1) is 24.2 Å². The molecule has 0 radical (unpaired) electrons. The van der Waals surface area contributed by atoms with Crippen LogP contribution < -0.4 is 15.6 Å². The number of carbonyl (C=O) groups is 1. The van der Waals surface area contributed by atoms with Crippen molar-refractivity contribution in [2.75, 3.05) is 13.7 Å². The molecule has 7 heteroatoms. The minimum Gasteiger partial charge on any atom is -0.497 e. The SMILES string of the molecule is COc1ccc(-c2ccc(=O)n(CCNC(=O)c3cccs3)n2)cc1. The van der Waals surface area contributed by atoms with Crippen molar-refractivity contribution in [3.05, 3.63) is 69.1 Å². The highest BCUT2D eigenvalue weighted by atomic mass is 32.1. The highest BCUT2D eigenvalue weighted by molar-refractivity contribution is 7.12. The minimum absolute atomic E-state index is 0.144. The molecular formula is C18H17N3O3S. The molecule has 1 aromatic carbocycles. The van der Waals surface area contributed by atoms with Gasteiger partial charge in [-0.1, -0.05) is 6.07 Å². The molecule has 25 heavy (non-hydrogen) atoms. The maximum Gasteiger partial charge on any atom is 0.266 e. The van der Waals surface area contributed by atoms with Gasteiger partial charge in [0.25, 0.3) is 11.5 Å². The van der Waals surface area contributed by atoms with Crippen LogP contribution in [0.5, 0.6) is 5.75 Å². The highest BCUT2D eigenvalue weighted by Crippen LogP contribution is 2.19. The Morgan fingerprint density at radius 3 is 2.68 bits per heavy atom. The summed E-state index contributed by atoms with van der Waals surface area (Å²) < 4.78 is 6.49. The molecule has 6 nitrogen and oxygen atoms in total. The number of amides is 1. The van der Waals surface area contributed by atoms with E-state index in [-0.39, 0.29) is 11.5 Å². The van der Waals surface area contributed by atoms with E-state index in [0.717, 1.165) is 11.3 Å². The molecule has 128 valence electrons. The molecule has 0 aliphatic rings. The van der Waals surface area contributed by atoms with Crippen LogP contribution in [-0.4, -0.2) is 29.3 Å². The number of carbonyl (C=O) groups excluding carboxylic acids is 1. The van der Waals surface area contributed by atoms with Crippen molar-refractivity contribution < 1.29 is 9.53 Å². The molecule has 0 saturated heterocycles. The molecule has 2 heterocycles. The van der Waals surface area contributed by atoms with Crippen molar-refractivity contribution in [3.63, 3.8) is 0 Å². The Morgan fingerprint density at radius 1 is 1.20 bits per heavy atom. The summed E-state index contributed by atoms with van der Waals surface area (Å²) >= 11 is 1.38. The molecule has 0 spiro atoms. The lowest BCUT2D eigenvalue weighted by Gasteiger charge is -2.08. The fraction of sp³-hybridized carbons (Fsp3) is 0.167.